The summed E-state index contributed by atoms with van der Waals surface area (Å²) in [5.74, 6) is 0.750. The second-order valence-electron chi connectivity index (χ2n) is 6.60. The van der Waals surface area contributed by atoms with Crippen LogP contribution in [0.2, 0.25) is 0 Å². The molecule has 9 heteroatoms. The summed E-state index contributed by atoms with van der Waals surface area (Å²) in [6.07, 6.45) is 4.84. The molecular weight excluding hydrogens is 471 g/mol. The first-order chi connectivity index (χ1) is 13.2. The lowest BCUT2D eigenvalue weighted by atomic mass is 9.97. The number of carbonyl (C=O) groups is 1. The summed E-state index contributed by atoms with van der Waals surface area (Å²) in [7, 11) is 3.24. The largest absolute Gasteiger partial charge is 0.469 e. The number of carbonyl (C=O) groups excluding carboxylic acids is 1. The number of aromatic nitrogens is 3. The molecule has 1 aromatic heterocycles. The monoisotopic (exact) mass is 498 g/mol. The predicted octanol–water partition coefficient (Wildman–Crippen LogP) is 1.90. The van der Waals surface area contributed by atoms with Gasteiger partial charge in [-0.1, -0.05) is 24.3 Å². The minimum Gasteiger partial charge on any atom is -0.469 e. The minimum absolute atomic E-state index is 0. The molecule has 2 aromatic rings. The number of guanidine groups is 1. The molecule has 152 valence electrons. The lowest BCUT2D eigenvalue weighted by molar-refractivity contribution is -0.146. The molecular formula is C19H27IN6O2. The van der Waals surface area contributed by atoms with Crippen LogP contribution in [0.3, 0.4) is 0 Å². The number of hydrogen-bond donors (Lipinski definition) is 1. The van der Waals surface area contributed by atoms with E-state index < -0.39 is 0 Å². The molecule has 0 bridgehead atoms. The van der Waals surface area contributed by atoms with E-state index in [0.29, 0.717) is 13.1 Å². The molecule has 0 amide bonds. The molecule has 0 spiro atoms. The van der Waals surface area contributed by atoms with E-state index in [4.69, 9.17) is 4.74 Å². The highest BCUT2D eigenvalue weighted by atomic mass is 127. The van der Waals surface area contributed by atoms with Crippen LogP contribution in [-0.4, -0.2) is 58.8 Å². The molecule has 28 heavy (non-hydrogen) atoms. The van der Waals surface area contributed by atoms with Crippen molar-refractivity contribution in [1.82, 2.24) is 25.0 Å². The number of esters is 1. The van der Waals surface area contributed by atoms with Gasteiger partial charge in [0.25, 0.3) is 0 Å². The average Bonchev–Trinajstić information content (AvgIpc) is 3.21. The molecule has 2 heterocycles. The van der Waals surface area contributed by atoms with E-state index in [0.717, 1.165) is 31.9 Å². The number of methoxy groups -OCH3 is 1. The van der Waals surface area contributed by atoms with Crippen LogP contribution in [-0.2, 0) is 22.6 Å². The van der Waals surface area contributed by atoms with Crippen LogP contribution in [0.15, 0.2) is 41.9 Å². The van der Waals surface area contributed by atoms with Crippen molar-refractivity contribution >= 4 is 35.9 Å². The summed E-state index contributed by atoms with van der Waals surface area (Å²) in [6, 6.07) is 8.38. The SMILES string of the molecule is CN=C(NCc1cccc(Cn2cncn2)c1)N1CCC(C(=O)OC)CC1.I. The number of rotatable bonds is 5. The molecule has 1 aromatic carbocycles. The Balaban J connectivity index is 0.00000280. The van der Waals surface area contributed by atoms with Crippen molar-refractivity contribution in [2.75, 3.05) is 27.2 Å². The maximum absolute atomic E-state index is 11.7. The molecule has 0 saturated carbocycles. The first kappa shape index (κ1) is 22.1. The molecule has 1 N–H and O–H groups in total. The van der Waals surface area contributed by atoms with Gasteiger partial charge in [-0.15, -0.1) is 24.0 Å². The third-order valence-electron chi connectivity index (χ3n) is 4.79. The van der Waals surface area contributed by atoms with Gasteiger partial charge in [0.2, 0.25) is 0 Å². The Morgan fingerprint density at radius 3 is 2.71 bits per heavy atom. The number of aliphatic imine (C=N–C) groups is 1. The van der Waals surface area contributed by atoms with Gasteiger partial charge in [-0.25, -0.2) is 9.67 Å². The fourth-order valence-corrected chi connectivity index (χ4v) is 3.35. The van der Waals surface area contributed by atoms with E-state index in [1.807, 2.05) is 6.07 Å². The Morgan fingerprint density at radius 2 is 2.07 bits per heavy atom. The van der Waals surface area contributed by atoms with Gasteiger partial charge < -0.3 is 15.0 Å². The van der Waals surface area contributed by atoms with E-state index >= 15 is 0 Å². The second-order valence-corrected chi connectivity index (χ2v) is 6.60. The lowest BCUT2D eigenvalue weighted by Gasteiger charge is -2.33. The number of nitrogens with zero attached hydrogens (tertiary/aromatic N) is 5. The van der Waals surface area contributed by atoms with Gasteiger partial charge in [0.1, 0.15) is 12.7 Å². The normalized spacial score (nSPS) is 15.1. The van der Waals surface area contributed by atoms with E-state index in [1.165, 1.54) is 18.2 Å². The number of halogens is 1. The van der Waals surface area contributed by atoms with Crippen LogP contribution >= 0.6 is 24.0 Å². The zero-order valence-electron chi connectivity index (χ0n) is 16.2. The molecule has 1 aliphatic heterocycles. The molecule has 0 atom stereocenters. The quantitative estimate of drug-likeness (QED) is 0.294. The number of nitrogens with one attached hydrogen (secondary N) is 1. The highest BCUT2D eigenvalue weighted by Gasteiger charge is 2.26. The van der Waals surface area contributed by atoms with Crippen molar-refractivity contribution in [3.8, 4) is 0 Å². The zero-order chi connectivity index (χ0) is 19.1. The summed E-state index contributed by atoms with van der Waals surface area (Å²) >= 11 is 0. The van der Waals surface area contributed by atoms with Crippen LogP contribution in [0.25, 0.3) is 0 Å². The van der Waals surface area contributed by atoms with Crippen LogP contribution in [0.4, 0.5) is 0 Å². The molecule has 1 fully saturated rings. The van der Waals surface area contributed by atoms with E-state index in [1.54, 1.807) is 24.4 Å². The minimum atomic E-state index is -0.109. The topological polar surface area (TPSA) is 84.6 Å². The molecule has 1 saturated heterocycles. The fourth-order valence-electron chi connectivity index (χ4n) is 3.35. The first-order valence-electron chi connectivity index (χ1n) is 9.13. The molecule has 8 nitrogen and oxygen atoms in total. The van der Waals surface area contributed by atoms with Gasteiger partial charge in [0, 0.05) is 26.7 Å². The van der Waals surface area contributed by atoms with Crippen molar-refractivity contribution < 1.29 is 9.53 Å². The maximum Gasteiger partial charge on any atom is 0.308 e. The zero-order valence-corrected chi connectivity index (χ0v) is 18.6. The summed E-state index contributed by atoms with van der Waals surface area (Å²) in [5.41, 5.74) is 2.35. The molecule has 1 aliphatic rings. The van der Waals surface area contributed by atoms with Gasteiger partial charge in [0.05, 0.1) is 19.6 Å². The maximum atomic E-state index is 11.7. The van der Waals surface area contributed by atoms with Gasteiger partial charge in [0.15, 0.2) is 5.96 Å². The van der Waals surface area contributed by atoms with Gasteiger partial charge in [-0.3, -0.25) is 9.79 Å². The van der Waals surface area contributed by atoms with Crippen molar-refractivity contribution in [1.29, 1.82) is 0 Å². The standard InChI is InChI=1S/C19H26N6O2.HI/c1-20-19(24-8-6-17(7-9-24)18(26)27-2)22-11-15-4-3-5-16(10-15)12-25-14-21-13-23-25;/h3-5,10,13-14,17H,6-9,11-12H2,1-2H3,(H,20,22);1H. The Labute approximate surface area is 182 Å². The molecule has 3 rings (SSSR count). The molecule has 0 unspecified atom stereocenters. The lowest BCUT2D eigenvalue weighted by Crippen LogP contribution is -2.46. The second kappa shape index (κ2) is 11.0. The Morgan fingerprint density at radius 1 is 1.32 bits per heavy atom. The number of hydrogen-bond acceptors (Lipinski definition) is 5. The van der Waals surface area contributed by atoms with Crippen molar-refractivity contribution in [2.45, 2.75) is 25.9 Å². The number of ether oxygens (including phenoxy) is 1. The number of piperidine rings is 1. The Kier molecular flexibility index (Phi) is 8.68. The van der Waals surface area contributed by atoms with Crippen LogP contribution in [0.5, 0.6) is 0 Å². The number of likely N-dealkylation sites (tertiary alicyclic amines) is 1. The fraction of sp³-hybridized carbons (Fsp3) is 0.474. The van der Waals surface area contributed by atoms with E-state index in [2.05, 4.69) is 43.5 Å². The Hall–Kier alpha value is -2.17. The highest BCUT2D eigenvalue weighted by Crippen LogP contribution is 2.18. The third kappa shape index (κ3) is 5.91. The van der Waals surface area contributed by atoms with Crippen molar-refractivity contribution in [2.24, 2.45) is 10.9 Å². The van der Waals surface area contributed by atoms with E-state index in [9.17, 15) is 4.79 Å². The summed E-state index contributed by atoms with van der Waals surface area (Å²) < 4.78 is 6.65. The highest BCUT2D eigenvalue weighted by molar-refractivity contribution is 14.0. The smallest absolute Gasteiger partial charge is 0.308 e. The van der Waals surface area contributed by atoms with Crippen molar-refractivity contribution in [3.05, 3.63) is 48.0 Å². The number of benzene rings is 1. The summed E-state index contributed by atoms with van der Waals surface area (Å²) in [4.78, 5) is 22.2. The predicted molar refractivity (Wildman–Crippen MR) is 117 cm³/mol. The average molecular weight is 498 g/mol. The Bertz CT molecular complexity index is 772. The first-order valence-corrected chi connectivity index (χ1v) is 9.13. The summed E-state index contributed by atoms with van der Waals surface area (Å²) in [6.45, 7) is 2.98. The van der Waals surface area contributed by atoms with Crippen LogP contribution in [0, 0.1) is 5.92 Å². The van der Waals surface area contributed by atoms with Gasteiger partial charge in [-0.05, 0) is 24.0 Å². The van der Waals surface area contributed by atoms with Gasteiger partial charge in [-0.2, -0.15) is 5.10 Å². The van der Waals surface area contributed by atoms with Gasteiger partial charge >= 0.3 is 5.97 Å². The van der Waals surface area contributed by atoms with E-state index in [-0.39, 0.29) is 35.9 Å². The third-order valence-corrected chi connectivity index (χ3v) is 4.79. The molecule has 0 aliphatic carbocycles. The van der Waals surface area contributed by atoms with Crippen LogP contribution in [0.1, 0.15) is 24.0 Å². The molecule has 0 radical (unpaired) electrons. The van der Waals surface area contributed by atoms with Crippen LogP contribution < -0.4 is 5.32 Å². The summed E-state index contributed by atoms with van der Waals surface area (Å²) in [5, 5.41) is 7.57. The van der Waals surface area contributed by atoms with Crippen molar-refractivity contribution in [3.63, 3.8) is 0 Å².